The normalized spacial score (nSPS) is 11.7. The van der Waals surface area contributed by atoms with Gasteiger partial charge >= 0.3 is 0 Å². The topological polar surface area (TPSA) is 86.5 Å². The molecule has 0 atom stereocenters. The fraction of sp³-hybridized carbons (Fsp3) is 0.296. The summed E-state index contributed by atoms with van der Waals surface area (Å²) < 4.78 is 28.2. The molecule has 1 N–H and O–H groups in total. The molecule has 0 aliphatic rings. The maximum Gasteiger partial charge on any atom is 0.190 e. The summed E-state index contributed by atoms with van der Waals surface area (Å²) in [7, 11) is 1.62. The van der Waals surface area contributed by atoms with Crippen LogP contribution in [-0.4, -0.2) is 51.6 Å². The van der Waals surface area contributed by atoms with Gasteiger partial charge in [-0.3, -0.25) is 4.79 Å². The van der Waals surface area contributed by atoms with Crippen molar-refractivity contribution in [1.29, 1.82) is 0 Å². The van der Waals surface area contributed by atoms with Crippen molar-refractivity contribution < 1.29 is 23.8 Å². The fourth-order valence-corrected chi connectivity index (χ4v) is 4.22. The molecule has 0 unspecified atom stereocenters. The van der Waals surface area contributed by atoms with Gasteiger partial charge in [0, 0.05) is 27.1 Å². The number of aromatic nitrogens is 3. The van der Waals surface area contributed by atoms with E-state index in [4.69, 9.17) is 9.47 Å². The van der Waals surface area contributed by atoms with Crippen LogP contribution in [0.3, 0.4) is 0 Å². The molecule has 0 amide bonds. The molecular weight excluding hydrogens is 576 g/mol. The Morgan fingerprint density at radius 2 is 1.92 bits per heavy atom. The van der Waals surface area contributed by atoms with Crippen molar-refractivity contribution in [1.82, 2.24) is 14.8 Å². The van der Waals surface area contributed by atoms with E-state index in [9.17, 15) is 14.3 Å². The largest absolute Gasteiger partial charge is 0.497 e. The molecule has 4 rings (SSSR count). The highest BCUT2D eigenvalue weighted by Crippen LogP contribution is 2.27. The van der Waals surface area contributed by atoms with Crippen molar-refractivity contribution in [2.45, 2.75) is 32.4 Å². The Labute approximate surface area is 222 Å². The van der Waals surface area contributed by atoms with Crippen molar-refractivity contribution in [2.24, 2.45) is 0 Å². The number of methoxy groups -OCH3 is 1. The maximum atomic E-state index is 14.8. The van der Waals surface area contributed by atoms with Gasteiger partial charge in [-0.05, 0) is 77.4 Å². The van der Waals surface area contributed by atoms with E-state index >= 15 is 0 Å². The molecule has 0 bridgehead atoms. The second-order valence-electron chi connectivity index (χ2n) is 9.08. The highest BCUT2D eigenvalue weighted by Gasteiger charge is 2.23. The van der Waals surface area contributed by atoms with E-state index in [0.29, 0.717) is 34.3 Å². The van der Waals surface area contributed by atoms with E-state index in [1.807, 2.05) is 30.3 Å². The number of nitrogens with zero attached hydrogens (tertiary/aromatic N) is 3. The number of carbonyl (C=O) groups is 1. The summed E-state index contributed by atoms with van der Waals surface area (Å²) in [6.07, 6.45) is 3.37. The lowest BCUT2D eigenvalue weighted by Crippen LogP contribution is -2.31. The number of pyridine rings is 1. The van der Waals surface area contributed by atoms with Crippen LogP contribution in [0.5, 0.6) is 5.75 Å². The third kappa shape index (κ3) is 5.91. The van der Waals surface area contributed by atoms with Crippen LogP contribution < -0.4 is 4.74 Å². The number of fused-ring (bicyclic) bond motifs is 1. The number of hydrogen-bond donors (Lipinski definition) is 1. The zero-order valence-electron chi connectivity index (χ0n) is 20.3. The van der Waals surface area contributed by atoms with E-state index in [-0.39, 0.29) is 31.2 Å². The van der Waals surface area contributed by atoms with Crippen molar-refractivity contribution in [3.63, 3.8) is 0 Å². The van der Waals surface area contributed by atoms with Gasteiger partial charge in [-0.25, -0.2) is 14.1 Å². The molecule has 0 saturated heterocycles. The predicted octanol–water partition coefficient (Wildman–Crippen LogP) is 4.79. The molecule has 7 nitrogen and oxygen atoms in total. The van der Waals surface area contributed by atoms with Crippen LogP contribution in [0.15, 0.2) is 54.9 Å². The van der Waals surface area contributed by atoms with Gasteiger partial charge in [0.25, 0.3) is 0 Å². The standard InChI is InChI=1S/C27H27FIN3O4/c1-27(2,16-33)36-15-25(34)22-12-30-26-23(21(22)10-18-6-7-19(29)11-24(18)28)13-31-32(26)14-17-4-8-20(35-3)9-5-17/h4-9,11-13,33H,10,14-16H2,1-3H3. The Kier molecular flexibility index (Phi) is 8.01. The zero-order chi connectivity index (χ0) is 25.9. The van der Waals surface area contributed by atoms with Gasteiger partial charge < -0.3 is 14.6 Å². The minimum Gasteiger partial charge on any atom is -0.497 e. The first kappa shape index (κ1) is 26.2. The number of ether oxygens (including phenoxy) is 2. The minimum absolute atomic E-state index is 0.195. The Morgan fingerprint density at radius 1 is 1.17 bits per heavy atom. The van der Waals surface area contributed by atoms with Gasteiger partial charge in [0.1, 0.15) is 18.2 Å². The summed E-state index contributed by atoms with van der Waals surface area (Å²) in [6, 6.07) is 12.7. The van der Waals surface area contributed by atoms with Gasteiger partial charge in [-0.1, -0.05) is 18.2 Å². The maximum absolute atomic E-state index is 14.8. The van der Waals surface area contributed by atoms with Crippen molar-refractivity contribution in [3.05, 3.63) is 86.5 Å². The molecule has 4 aromatic rings. The van der Waals surface area contributed by atoms with Crippen LogP contribution in [0.1, 0.15) is 40.9 Å². The van der Waals surface area contributed by atoms with Gasteiger partial charge in [0.15, 0.2) is 11.4 Å². The molecular formula is C27H27FIN3O4. The van der Waals surface area contributed by atoms with E-state index in [2.05, 4.69) is 32.7 Å². The van der Waals surface area contributed by atoms with Gasteiger partial charge in [0.05, 0.1) is 32.1 Å². The molecule has 36 heavy (non-hydrogen) atoms. The average Bonchev–Trinajstić information content (AvgIpc) is 3.28. The van der Waals surface area contributed by atoms with Crippen LogP contribution in [0, 0.1) is 9.39 Å². The summed E-state index contributed by atoms with van der Waals surface area (Å²) in [5.74, 6) is 0.127. The Morgan fingerprint density at radius 3 is 2.58 bits per heavy atom. The van der Waals surface area contributed by atoms with E-state index < -0.39 is 5.60 Å². The van der Waals surface area contributed by atoms with Gasteiger partial charge in [0.2, 0.25) is 0 Å². The number of benzene rings is 2. The second-order valence-corrected chi connectivity index (χ2v) is 10.3. The first-order valence-corrected chi connectivity index (χ1v) is 12.5. The number of carbonyl (C=O) groups excluding carboxylic acids is 1. The molecule has 0 aliphatic heterocycles. The molecule has 0 radical (unpaired) electrons. The Balaban J connectivity index is 1.73. The average molecular weight is 603 g/mol. The number of aliphatic hydroxyl groups excluding tert-OH is 1. The molecule has 0 fully saturated rings. The molecule has 0 saturated carbocycles. The molecule has 188 valence electrons. The lowest BCUT2D eigenvalue weighted by atomic mass is 9.96. The smallest absolute Gasteiger partial charge is 0.190 e. The van der Waals surface area contributed by atoms with Crippen molar-refractivity contribution in [3.8, 4) is 5.75 Å². The highest BCUT2D eigenvalue weighted by molar-refractivity contribution is 14.1. The van der Waals surface area contributed by atoms with E-state index in [1.54, 1.807) is 37.9 Å². The van der Waals surface area contributed by atoms with Crippen LogP contribution in [0.4, 0.5) is 4.39 Å². The first-order valence-electron chi connectivity index (χ1n) is 11.4. The summed E-state index contributed by atoms with van der Waals surface area (Å²) in [4.78, 5) is 17.7. The van der Waals surface area contributed by atoms with Crippen LogP contribution in [0.25, 0.3) is 11.0 Å². The van der Waals surface area contributed by atoms with Crippen LogP contribution in [-0.2, 0) is 17.7 Å². The molecule has 2 aromatic heterocycles. The van der Waals surface area contributed by atoms with Crippen LogP contribution in [0.2, 0.25) is 0 Å². The SMILES string of the molecule is COc1ccc(Cn2ncc3c(Cc4ccc(I)cc4F)c(C(=O)COC(C)(C)CO)cnc32)cc1. The van der Waals surface area contributed by atoms with Crippen molar-refractivity contribution >= 4 is 39.4 Å². The number of aliphatic hydroxyl groups is 1. The minimum atomic E-state index is -0.862. The zero-order valence-corrected chi connectivity index (χ0v) is 22.5. The summed E-state index contributed by atoms with van der Waals surface area (Å²) >= 11 is 2.06. The quantitative estimate of drug-likeness (QED) is 0.207. The molecule has 0 aliphatic carbocycles. The molecule has 2 heterocycles. The first-order chi connectivity index (χ1) is 17.2. The number of hydrogen-bond acceptors (Lipinski definition) is 6. The van der Waals surface area contributed by atoms with E-state index in [1.165, 1.54) is 12.3 Å². The third-order valence-corrected chi connectivity index (χ3v) is 6.60. The highest BCUT2D eigenvalue weighted by atomic mass is 127. The molecule has 9 heteroatoms. The Bertz CT molecular complexity index is 1390. The third-order valence-electron chi connectivity index (χ3n) is 5.93. The Hall–Kier alpha value is -2.89. The summed E-state index contributed by atoms with van der Waals surface area (Å²) in [5, 5.41) is 14.7. The van der Waals surface area contributed by atoms with Crippen molar-refractivity contribution in [2.75, 3.05) is 20.3 Å². The summed E-state index contributed by atoms with van der Waals surface area (Å²) in [6.45, 7) is 3.41. The van der Waals surface area contributed by atoms with Gasteiger partial charge in [-0.15, -0.1) is 0 Å². The van der Waals surface area contributed by atoms with Gasteiger partial charge in [-0.2, -0.15) is 5.10 Å². The lowest BCUT2D eigenvalue weighted by molar-refractivity contribution is -0.0447. The predicted molar refractivity (Wildman–Crippen MR) is 143 cm³/mol. The molecule has 2 aromatic carbocycles. The monoisotopic (exact) mass is 603 g/mol. The molecule has 0 spiro atoms. The second kappa shape index (κ2) is 11.0. The number of ketones is 1. The lowest BCUT2D eigenvalue weighted by Gasteiger charge is -2.22. The number of rotatable bonds is 10. The van der Waals surface area contributed by atoms with E-state index in [0.717, 1.165) is 14.9 Å². The summed E-state index contributed by atoms with van der Waals surface area (Å²) in [5.41, 5.74) is 2.19. The van der Waals surface area contributed by atoms with Crippen LogP contribution >= 0.6 is 22.6 Å². The number of Topliss-reactive ketones (excluding diaryl/α,β-unsaturated/α-hetero) is 1. The number of halogens is 2. The fourth-order valence-electron chi connectivity index (χ4n) is 3.77.